The van der Waals surface area contributed by atoms with Gasteiger partial charge >= 0.3 is 5.97 Å². The number of hydrogen-bond acceptors (Lipinski definition) is 5. The summed E-state index contributed by atoms with van der Waals surface area (Å²) in [5.74, 6) is -1.37. The largest absolute Gasteiger partial charge is 0.493 e. The number of amides is 2. The summed E-state index contributed by atoms with van der Waals surface area (Å²) in [5, 5.41) is 5.41. The molecule has 2 amide bonds. The summed E-state index contributed by atoms with van der Waals surface area (Å²) in [4.78, 5) is 37.5. The Balaban J connectivity index is 1.99. The smallest absolute Gasteiger partial charge is 0.329 e. The Kier molecular flexibility index (Phi) is 8.61. The Morgan fingerprint density at radius 2 is 1.65 bits per heavy atom. The minimum absolute atomic E-state index is 0.238. The van der Waals surface area contributed by atoms with Gasteiger partial charge in [-0.1, -0.05) is 32.0 Å². The van der Waals surface area contributed by atoms with E-state index in [4.69, 9.17) is 9.47 Å². The summed E-state index contributed by atoms with van der Waals surface area (Å²) in [6, 6.07) is 11.6. The van der Waals surface area contributed by atoms with Crippen molar-refractivity contribution in [3.8, 4) is 5.75 Å². The number of carbonyl (C=O) groups is 3. The Labute approximate surface area is 183 Å². The first-order chi connectivity index (χ1) is 14.7. The van der Waals surface area contributed by atoms with Gasteiger partial charge in [0.25, 0.3) is 11.8 Å². The summed E-state index contributed by atoms with van der Waals surface area (Å²) in [7, 11) is 0. The normalized spacial score (nSPS) is 11.5. The van der Waals surface area contributed by atoms with Gasteiger partial charge in [-0.15, -0.1) is 0 Å². The lowest BCUT2D eigenvalue weighted by molar-refractivity contribution is -0.150. The number of anilines is 1. The van der Waals surface area contributed by atoms with Crippen molar-refractivity contribution < 1.29 is 23.9 Å². The van der Waals surface area contributed by atoms with Gasteiger partial charge in [0.2, 0.25) is 0 Å². The number of benzene rings is 2. The van der Waals surface area contributed by atoms with E-state index in [0.717, 1.165) is 11.1 Å². The molecule has 0 aromatic heterocycles. The first-order valence-corrected chi connectivity index (χ1v) is 10.3. The van der Waals surface area contributed by atoms with E-state index in [1.165, 1.54) is 0 Å². The van der Waals surface area contributed by atoms with Crippen molar-refractivity contribution >= 4 is 23.5 Å². The summed E-state index contributed by atoms with van der Waals surface area (Å²) >= 11 is 0. The second kappa shape index (κ2) is 11.2. The Bertz CT molecular complexity index is 919. The standard InChI is InChI=1S/C24H30N2O5/c1-6-30-20-10-8-7-9-19(20)23(28)26-22(15(2)3)24(29)31-14-21(27)25-18-12-16(4)11-17(5)13-18/h7-13,15,22H,6,14H2,1-5H3,(H,25,27)(H,26,28)/t22-/m0/s1. The molecule has 7 nitrogen and oxygen atoms in total. The maximum Gasteiger partial charge on any atom is 0.329 e. The van der Waals surface area contributed by atoms with Crippen molar-refractivity contribution in [2.75, 3.05) is 18.5 Å². The molecule has 0 aliphatic carbocycles. The average molecular weight is 427 g/mol. The number of rotatable bonds is 9. The van der Waals surface area contributed by atoms with E-state index in [9.17, 15) is 14.4 Å². The quantitative estimate of drug-likeness (QED) is 0.597. The van der Waals surface area contributed by atoms with Gasteiger partial charge in [-0.25, -0.2) is 4.79 Å². The monoisotopic (exact) mass is 426 g/mol. The van der Waals surface area contributed by atoms with Crippen LogP contribution in [0.25, 0.3) is 0 Å². The molecule has 0 fully saturated rings. The zero-order valence-electron chi connectivity index (χ0n) is 18.7. The van der Waals surface area contributed by atoms with Gasteiger partial charge in [0.1, 0.15) is 11.8 Å². The number of nitrogens with one attached hydrogen (secondary N) is 2. The van der Waals surface area contributed by atoms with E-state index >= 15 is 0 Å². The molecule has 0 heterocycles. The van der Waals surface area contributed by atoms with Crippen LogP contribution in [0.5, 0.6) is 5.75 Å². The fourth-order valence-electron chi connectivity index (χ4n) is 3.12. The fourth-order valence-corrected chi connectivity index (χ4v) is 3.12. The summed E-state index contributed by atoms with van der Waals surface area (Å²) in [5.41, 5.74) is 3.00. The minimum atomic E-state index is -0.906. The van der Waals surface area contributed by atoms with Crippen LogP contribution in [0.2, 0.25) is 0 Å². The molecule has 0 bridgehead atoms. The molecule has 1 atom stereocenters. The molecule has 0 spiro atoms. The van der Waals surface area contributed by atoms with E-state index in [1.807, 2.05) is 39.0 Å². The average Bonchev–Trinajstić information content (AvgIpc) is 2.69. The molecular weight excluding hydrogens is 396 g/mol. The van der Waals surface area contributed by atoms with Crippen molar-refractivity contribution in [3.05, 3.63) is 59.2 Å². The first-order valence-electron chi connectivity index (χ1n) is 10.3. The molecule has 2 aromatic rings. The van der Waals surface area contributed by atoms with Crippen LogP contribution in [0.15, 0.2) is 42.5 Å². The second-order valence-corrected chi connectivity index (χ2v) is 7.66. The van der Waals surface area contributed by atoms with E-state index in [0.29, 0.717) is 23.6 Å². The molecule has 7 heteroatoms. The third-order valence-electron chi connectivity index (χ3n) is 4.49. The van der Waals surface area contributed by atoms with E-state index in [2.05, 4.69) is 10.6 Å². The third kappa shape index (κ3) is 7.13. The van der Waals surface area contributed by atoms with Crippen molar-refractivity contribution in [1.82, 2.24) is 5.32 Å². The van der Waals surface area contributed by atoms with Crippen LogP contribution in [0.1, 0.15) is 42.3 Å². The lowest BCUT2D eigenvalue weighted by atomic mass is 10.0. The lowest BCUT2D eigenvalue weighted by Gasteiger charge is -2.21. The number of esters is 1. The van der Waals surface area contributed by atoms with Crippen LogP contribution in [-0.2, 0) is 14.3 Å². The zero-order chi connectivity index (χ0) is 23.0. The van der Waals surface area contributed by atoms with Crippen molar-refractivity contribution in [2.24, 2.45) is 5.92 Å². The molecule has 0 aliphatic heterocycles. The fraction of sp³-hybridized carbons (Fsp3) is 0.375. The van der Waals surface area contributed by atoms with Gasteiger partial charge in [-0.3, -0.25) is 9.59 Å². The highest BCUT2D eigenvalue weighted by Gasteiger charge is 2.27. The summed E-state index contributed by atoms with van der Waals surface area (Å²) in [6.45, 7) is 9.24. The van der Waals surface area contributed by atoms with E-state index < -0.39 is 30.4 Å². The van der Waals surface area contributed by atoms with Gasteiger partial charge in [0.15, 0.2) is 6.61 Å². The topological polar surface area (TPSA) is 93.7 Å². The Morgan fingerprint density at radius 3 is 2.26 bits per heavy atom. The highest BCUT2D eigenvalue weighted by molar-refractivity contribution is 5.99. The number of aryl methyl sites for hydroxylation is 2. The van der Waals surface area contributed by atoms with Crippen molar-refractivity contribution in [3.63, 3.8) is 0 Å². The highest BCUT2D eigenvalue weighted by atomic mass is 16.5. The second-order valence-electron chi connectivity index (χ2n) is 7.66. The van der Waals surface area contributed by atoms with Crippen LogP contribution >= 0.6 is 0 Å². The molecule has 0 saturated heterocycles. The molecule has 0 radical (unpaired) electrons. The molecule has 2 N–H and O–H groups in total. The predicted molar refractivity (Wildman–Crippen MR) is 119 cm³/mol. The summed E-state index contributed by atoms with van der Waals surface area (Å²) in [6.07, 6.45) is 0. The number of hydrogen-bond donors (Lipinski definition) is 2. The molecular formula is C24H30N2O5. The molecule has 2 aromatic carbocycles. The third-order valence-corrected chi connectivity index (χ3v) is 4.49. The molecule has 2 rings (SSSR count). The van der Waals surface area contributed by atoms with Crippen molar-refractivity contribution in [2.45, 2.75) is 40.7 Å². The molecule has 166 valence electrons. The molecule has 0 saturated carbocycles. The van der Waals surface area contributed by atoms with Gasteiger partial charge in [-0.05, 0) is 62.1 Å². The van der Waals surface area contributed by atoms with Crippen molar-refractivity contribution in [1.29, 1.82) is 0 Å². The Morgan fingerprint density at radius 1 is 1.00 bits per heavy atom. The van der Waals surface area contributed by atoms with Crippen LogP contribution in [0.4, 0.5) is 5.69 Å². The summed E-state index contributed by atoms with van der Waals surface area (Å²) < 4.78 is 10.7. The zero-order valence-corrected chi connectivity index (χ0v) is 18.7. The minimum Gasteiger partial charge on any atom is -0.493 e. The maximum absolute atomic E-state index is 12.7. The first kappa shape index (κ1) is 23.9. The number of para-hydroxylation sites is 1. The van der Waals surface area contributed by atoms with Crippen LogP contribution in [0.3, 0.4) is 0 Å². The predicted octanol–water partition coefficient (Wildman–Crippen LogP) is 3.64. The Hall–Kier alpha value is -3.35. The molecule has 0 unspecified atom stereocenters. The van der Waals surface area contributed by atoms with Gasteiger partial charge < -0.3 is 20.1 Å². The van der Waals surface area contributed by atoms with Gasteiger partial charge in [0, 0.05) is 5.69 Å². The van der Waals surface area contributed by atoms with Gasteiger partial charge in [-0.2, -0.15) is 0 Å². The maximum atomic E-state index is 12.7. The van der Waals surface area contributed by atoms with Crippen LogP contribution in [0, 0.1) is 19.8 Å². The SMILES string of the molecule is CCOc1ccccc1C(=O)N[C@H](C(=O)OCC(=O)Nc1cc(C)cc(C)c1)C(C)C. The van der Waals surface area contributed by atoms with Gasteiger partial charge in [0.05, 0.1) is 12.2 Å². The van der Waals surface area contributed by atoms with Crippen LogP contribution in [-0.4, -0.2) is 37.0 Å². The lowest BCUT2D eigenvalue weighted by Crippen LogP contribution is -2.46. The van der Waals surface area contributed by atoms with E-state index in [-0.39, 0.29) is 5.92 Å². The highest BCUT2D eigenvalue weighted by Crippen LogP contribution is 2.19. The molecule has 0 aliphatic rings. The number of ether oxygens (including phenoxy) is 2. The van der Waals surface area contributed by atoms with E-state index in [1.54, 1.807) is 38.1 Å². The van der Waals surface area contributed by atoms with Crippen LogP contribution < -0.4 is 15.4 Å². The number of carbonyl (C=O) groups excluding carboxylic acids is 3. The molecule has 31 heavy (non-hydrogen) atoms.